The third-order valence-electron chi connectivity index (χ3n) is 5.13. The van der Waals surface area contributed by atoms with Crippen LogP contribution in [0.2, 0.25) is 0 Å². The Balaban J connectivity index is 0.00000225. The van der Waals surface area contributed by atoms with Crippen molar-refractivity contribution in [3.05, 3.63) is 29.8 Å². The van der Waals surface area contributed by atoms with Crippen LogP contribution in [-0.4, -0.2) is 68.0 Å². The number of hydrogen-bond acceptors (Lipinski definition) is 4. The van der Waals surface area contributed by atoms with Gasteiger partial charge in [-0.15, -0.1) is 12.4 Å². The maximum Gasteiger partial charge on any atom is 0.253 e. The summed E-state index contributed by atoms with van der Waals surface area (Å²) in [4.78, 5) is 28.8. The lowest BCUT2D eigenvalue weighted by molar-refractivity contribution is -0.138. The molecule has 6 nitrogen and oxygen atoms in total. The van der Waals surface area contributed by atoms with E-state index in [4.69, 9.17) is 4.74 Å². The molecule has 2 fully saturated rings. The molecule has 1 unspecified atom stereocenters. The van der Waals surface area contributed by atoms with Crippen LogP contribution in [0.5, 0.6) is 5.75 Å². The van der Waals surface area contributed by atoms with Crippen molar-refractivity contribution in [2.24, 2.45) is 11.8 Å². The topological polar surface area (TPSA) is 61.9 Å². The van der Waals surface area contributed by atoms with E-state index in [1.807, 2.05) is 16.7 Å². The van der Waals surface area contributed by atoms with Crippen molar-refractivity contribution in [2.75, 3.05) is 46.4 Å². The molecule has 1 atom stereocenters. The van der Waals surface area contributed by atoms with Gasteiger partial charge in [0.2, 0.25) is 5.91 Å². The van der Waals surface area contributed by atoms with Crippen molar-refractivity contribution in [3.8, 4) is 5.75 Å². The lowest BCUT2D eigenvalue weighted by atomic mass is 9.88. The lowest BCUT2D eigenvalue weighted by Gasteiger charge is -2.39. The van der Waals surface area contributed by atoms with E-state index in [2.05, 4.69) is 5.32 Å². The minimum atomic E-state index is 0. The fraction of sp³-hybridized carbons (Fsp3) is 0.556. The summed E-state index contributed by atoms with van der Waals surface area (Å²) >= 11 is 0. The minimum Gasteiger partial charge on any atom is -0.497 e. The third kappa shape index (κ3) is 4.25. The number of methoxy groups -OCH3 is 1. The zero-order valence-corrected chi connectivity index (χ0v) is 15.6. The van der Waals surface area contributed by atoms with Crippen LogP contribution in [0.1, 0.15) is 17.3 Å². The quantitative estimate of drug-likeness (QED) is 0.870. The van der Waals surface area contributed by atoms with Crippen molar-refractivity contribution >= 4 is 24.2 Å². The molecule has 0 spiro atoms. The Morgan fingerprint density at radius 3 is 2.12 bits per heavy atom. The summed E-state index contributed by atoms with van der Waals surface area (Å²) in [7, 11) is 1.60. The van der Waals surface area contributed by atoms with Crippen LogP contribution in [0.3, 0.4) is 0 Å². The second-order valence-corrected chi connectivity index (χ2v) is 6.55. The van der Waals surface area contributed by atoms with E-state index in [9.17, 15) is 9.59 Å². The number of nitrogens with zero attached hydrogens (tertiary/aromatic N) is 2. The number of piperazine rings is 1. The summed E-state index contributed by atoms with van der Waals surface area (Å²) < 4.78 is 5.12. The Kier molecular flexibility index (Phi) is 6.67. The highest BCUT2D eigenvalue weighted by molar-refractivity contribution is 5.94. The van der Waals surface area contributed by atoms with Gasteiger partial charge in [0.05, 0.1) is 7.11 Å². The predicted molar refractivity (Wildman–Crippen MR) is 98.2 cm³/mol. The monoisotopic (exact) mass is 367 g/mol. The molecule has 2 heterocycles. The summed E-state index contributed by atoms with van der Waals surface area (Å²) in [5.74, 6) is 1.49. The smallest absolute Gasteiger partial charge is 0.253 e. The number of nitrogens with one attached hydrogen (secondary N) is 1. The zero-order valence-electron chi connectivity index (χ0n) is 14.7. The Hall–Kier alpha value is -1.79. The number of halogens is 1. The van der Waals surface area contributed by atoms with Crippen LogP contribution in [0.4, 0.5) is 0 Å². The lowest BCUT2D eigenvalue weighted by Crippen LogP contribution is -2.55. The largest absolute Gasteiger partial charge is 0.497 e. The number of ether oxygens (including phenoxy) is 1. The molecule has 2 aliphatic heterocycles. The number of rotatable bonds is 4. The molecule has 138 valence electrons. The van der Waals surface area contributed by atoms with E-state index >= 15 is 0 Å². The van der Waals surface area contributed by atoms with E-state index in [0.717, 1.165) is 18.8 Å². The molecule has 0 aromatic heterocycles. The first kappa shape index (κ1) is 19.5. The number of carbonyl (C=O) groups is 2. The normalized spacial score (nSPS) is 18.8. The fourth-order valence-corrected chi connectivity index (χ4v) is 3.20. The highest BCUT2D eigenvalue weighted by Gasteiger charge is 2.33. The maximum atomic E-state index is 12.5. The van der Waals surface area contributed by atoms with Gasteiger partial charge in [-0.3, -0.25) is 9.59 Å². The predicted octanol–water partition coefficient (Wildman–Crippen LogP) is 1.26. The van der Waals surface area contributed by atoms with Gasteiger partial charge in [0, 0.05) is 37.7 Å². The van der Waals surface area contributed by atoms with E-state index in [1.165, 1.54) is 0 Å². The van der Waals surface area contributed by atoms with Crippen molar-refractivity contribution < 1.29 is 14.3 Å². The molecule has 1 aromatic carbocycles. The minimum absolute atomic E-state index is 0. The first-order valence-electron chi connectivity index (χ1n) is 8.53. The SMILES string of the molecule is COc1ccc(C(=O)N2CCN(C(=O)C(C)C3CNC3)CC2)cc1.Cl. The van der Waals surface area contributed by atoms with Crippen LogP contribution in [-0.2, 0) is 4.79 Å². The highest BCUT2D eigenvalue weighted by Crippen LogP contribution is 2.20. The van der Waals surface area contributed by atoms with Gasteiger partial charge in [-0.2, -0.15) is 0 Å². The molecule has 2 amide bonds. The van der Waals surface area contributed by atoms with Gasteiger partial charge < -0.3 is 19.9 Å². The van der Waals surface area contributed by atoms with E-state index in [-0.39, 0.29) is 30.1 Å². The summed E-state index contributed by atoms with van der Waals surface area (Å²) in [6.45, 7) is 6.29. The molecule has 7 heteroatoms. The van der Waals surface area contributed by atoms with E-state index in [1.54, 1.807) is 31.4 Å². The van der Waals surface area contributed by atoms with Crippen molar-refractivity contribution in [1.82, 2.24) is 15.1 Å². The standard InChI is InChI=1S/C18H25N3O3.ClH/c1-13(15-11-19-12-15)17(22)20-7-9-21(10-8-20)18(23)14-3-5-16(24-2)6-4-14;/h3-6,13,15,19H,7-12H2,1-2H3;1H. The van der Waals surface area contributed by atoms with Crippen LogP contribution < -0.4 is 10.1 Å². The fourth-order valence-electron chi connectivity index (χ4n) is 3.20. The van der Waals surface area contributed by atoms with Crippen molar-refractivity contribution in [3.63, 3.8) is 0 Å². The van der Waals surface area contributed by atoms with Gasteiger partial charge in [-0.1, -0.05) is 6.92 Å². The molecule has 0 saturated carbocycles. The van der Waals surface area contributed by atoms with Crippen molar-refractivity contribution in [2.45, 2.75) is 6.92 Å². The molecule has 0 bridgehead atoms. The number of carbonyl (C=O) groups excluding carboxylic acids is 2. The Bertz CT molecular complexity index is 596. The first-order chi connectivity index (χ1) is 11.6. The van der Waals surface area contributed by atoms with E-state index in [0.29, 0.717) is 37.7 Å². The number of hydrogen-bond donors (Lipinski definition) is 1. The molecule has 3 rings (SSSR count). The molecule has 2 saturated heterocycles. The second kappa shape index (κ2) is 8.54. The van der Waals surface area contributed by atoms with E-state index < -0.39 is 0 Å². The van der Waals surface area contributed by atoms with Gasteiger partial charge in [0.1, 0.15) is 5.75 Å². The molecule has 1 aromatic rings. The molecular weight excluding hydrogens is 342 g/mol. The summed E-state index contributed by atoms with van der Waals surface area (Å²) in [5.41, 5.74) is 0.657. The molecule has 0 radical (unpaired) electrons. The van der Waals surface area contributed by atoms with Crippen LogP contribution in [0.25, 0.3) is 0 Å². The Labute approximate surface area is 154 Å². The first-order valence-corrected chi connectivity index (χ1v) is 8.53. The van der Waals surface area contributed by atoms with Crippen LogP contribution >= 0.6 is 12.4 Å². The molecule has 25 heavy (non-hydrogen) atoms. The number of benzene rings is 1. The third-order valence-corrected chi connectivity index (χ3v) is 5.13. The summed E-state index contributed by atoms with van der Waals surface area (Å²) in [5, 5.41) is 3.22. The summed E-state index contributed by atoms with van der Waals surface area (Å²) in [6, 6.07) is 7.15. The molecule has 1 N–H and O–H groups in total. The Morgan fingerprint density at radius 1 is 1.08 bits per heavy atom. The van der Waals surface area contributed by atoms with Crippen molar-refractivity contribution in [1.29, 1.82) is 0 Å². The highest BCUT2D eigenvalue weighted by atomic mass is 35.5. The molecular formula is C18H26ClN3O3. The Morgan fingerprint density at radius 2 is 1.64 bits per heavy atom. The molecule has 0 aliphatic carbocycles. The zero-order chi connectivity index (χ0) is 17.1. The van der Waals surface area contributed by atoms with Gasteiger partial charge >= 0.3 is 0 Å². The average molecular weight is 368 g/mol. The van der Waals surface area contributed by atoms with Crippen LogP contribution in [0.15, 0.2) is 24.3 Å². The van der Waals surface area contributed by atoms with Gasteiger partial charge in [0.25, 0.3) is 5.91 Å². The second-order valence-electron chi connectivity index (χ2n) is 6.55. The maximum absolute atomic E-state index is 12.5. The number of amides is 2. The van der Waals surface area contributed by atoms with Gasteiger partial charge in [-0.25, -0.2) is 0 Å². The van der Waals surface area contributed by atoms with Crippen LogP contribution in [0, 0.1) is 11.8 Å². The average Bonchev–Trinajstić information content (AvgIpc) is 2.59. The molecule has 2 aliphatic rings. The van der Waals surface area contributed by atoms with Gasteiger partial charge in [-0.05, 0) is 43.3 Å². The van der Waals surface area contributed by atoms with Gasteiger partial charge in [0.15, 0.2) is 0 Å². The summed E-state index contributed by atoms with van der Waals surface area (Å²) in [6.07, 6.45) is 0.